The summed E-state index contributed by atoms with van der Waals surface area (Å²) < 4.78 is 34.6. The van der Waals surface area contributed by atoms with Crippen LogP contribution in [0.5, 0.6) is 0 Å². The molecule has 0 amide bonds. The molecule has 8 nitrogen and oxygen atoms in total. The van der Waals surface area contributed by atoms with E-state index in [1.165, 1.54) is 109 Å². The number of quaternary nitrogens is 1. The van der Waals surface area contributed by atoms with Gasteiger partial charge in [0.15, 0.2) is 0 Å². The van der Waals surface area contributed by atoms with Gasteiger partial charge in [0.2, 0.25) is 0 Å². The van der Waals surface area contributed by atoms with Gasteiger partial charge in [-0.2, -0.15) is 0 Å². The number of nitrogens with zero attached hydrogens (tertiary/aromatic N) is 1. The third-order valence-electron chi connectivity index (χ3n) is 9.41. The maximum Gasteiger partial charge on any atom is 0.306 e. The number of rotatable bonds is 41. The summed E-state index contributed by atoms with van der Waals surface area (Å²) in [5.41, 5.74) is 0. The molecule has 2 atom stereocenters. The number of likely N-dealkylation sites (N-methyl/N-ethyl adjacent to an activating group) is 1. The predicted octanol–water partition coefficient (Wildman–Crippen LogP) is 12.4. The van der Waals surface area contributed by atoms with Gasteiger partial charge in [-0.3, -0.25) is 9.36 Å². The van der Waals surface area contributed by atoms with E-state index in [9.17, 15) is 14.3 Å². The van der Waals surface area contributed by atoms with Crippen molar-refractivity contribution in [1.82, 2.24) is 0 Å². The SMILES string of the molecule is CCCCC/C=C\C/C=C\CCCCCCCC(=O)OC(COCCCCCCCC/C=C\CCCCCCCCC)COP(=O)([O-])OCC[N+](C)(C)C. The molecule has 0 aliphatic heterocycles. The Hall–Kier alpha value is -1.28. The lowest BCUT2D eigenvalue weighted by atomic mass is 10.1. The van der Waals surface area contributed by atoms with Crippen molar-refractivity contribution in [2.24, 2.45) is 0 Å². The Morgan fingerprint density at radius 3 is 1.56 bits per heavy atom. The molecule has 9 heteroatoms. The largest absolute Gasteiger partial charge is 0.756 e. The molecule has 2 unspecified atom stereocenters. The fourth-order valence-electron chi connectivity index (χ4n) is 5.92. The molecular formula is C45H86NO7P. The summed E-state index contributed by atoms with van der Waals surface area (Å²) in [6.07, 6.45) is 44.4. The zero-order valence-corrected chi connectivity index (χ0v) is 36.8. The first-order valence-electron chi connectivity index (χ1n) is 22.2. The van der Waals surface area contributed by atoms with E-state index >= 15 is 0 Å². The van der Waals surface area contributed by atoms with Gasteiger partial charge in [-0.1, -0.05) is 147 Å². The van der Waals surface area contributed by atoms with Gasteiger partial charge in [0, 0.05) is 13.0 Å². The third kappa shape index (κ3) is 41.9. The van der Waals surface area contributed by atoms with Crippen molar-refractivity contribution in [3.63, 3.8) is 0 Å². The van der Waals surface area contributed by atoms with E-state index in [-0.39, 0.29) is 25.8 Å². The van der Waals surface area contributed by atoms with Gasteiger partial charge in [0.05, 0.1) is 34.4 Å². The molecule has 0 aromatic rings. The highest BCUT2D eigenvalue weighted by Crippen LogP contribution is 2.38. The monoisotopic (exact) mass is 784 g/mol. The molecule has 0 rings (SSSR count). The molecule has 0 spiro atoms. The van der Waals surface area contributed by atoms with Crippen LogP contribution in [0.15, 0.2) is 36.5 Å². The lowest BCUT2D eigenvalue weighted by Gasteiger charge is -2.28. The minimum Gasteiger partial charge on any atom is -0.756 e. The summed E-state index contributed by atoms with van der Waals surface area (Å²) in [6, 6.07) is 0. The van der Waals surface area contributed by atoms with Crippen LogP contribution >= 0.6 is 7.82 Å². The number of phosphoric ester groups is 1. The topological polar surface area (TPSA) is 94.1 Å². The summed E-state index contributed by atoms with van der Waals surface area (Å²) in [6.45, 7) is 5.36. The molecule has 0 aromatic heterocycles. The molecular weight excluding hydrogens is 697 g/mol. The molecule has 0 radical (unpaired) electrons. The van der Waals surface area contributed by atoms with Gasteiger partial charge in [-0.05, 0) is 70.6 Å². The van der Waals surface area contributed by atoms with Crippen molar-refractivity contribution in [2.45, 2.75) is 193 Å². The maximum atomic E-state index is 12.7. The van der Waals surface area contributed by atoms with E-state index in [2.05, 4.69) is 50.3 Å². The van der Waals surface area contributed by atoms with E-state index in [0.29, 0.717) is 24.1 Å². The summed E-state index contributed by atoms with van der Waals surface area (Å²) in [7, 11) is 1.34. The quantitative estimate of drug-likeness (QED) is 0.0200. The zero-order valence-electron chi connectivity index (χ0n) is 35.9. The number of ether oxygens (including phenoxy) is 2. The van der Waals surface area contributed by atoms with Crippen LogP contribution in [0.1, 0.15) is 187 Å². The first kappa shape index (κ1) is 52.7. The second-order valence-electron chi connectivity index (χ2n) is 16.0. The minimum atomic E-state index is -4.53. The Bertz CT molecular complexity index is 962. The summed E-state index contributed by atoms with van der Waals surface area (Å²) in [5.74, 6) is -0.350. The molecule has 0 N–H and O–H groups in total. The van der Waals surface area contributed by atoms with Crippen molar-refractivity contribution >= 4 is 13.8 Å². The number of hydrogen-bond acceptors (Lipinski definition) is 7. The summed E-state index contributed by atoms with van der Waals surface area (Å²) in [5, 5.41) is 0. The van der Waals surface area contributed by atoms with Crippen LogP contribution < -0.4 is 4.89 Å². The van der Waals surface area contributed by atoms with Gasteiger partial charge in [-0.25, -0.2) is 0 Å². The van der Waals surface area contributed by atoms with Gasteiger partial charge >= 0.3 is 5.97 Å². The average Bonchev–Trinajstić information content (AvgIpc) is 3.12. The van der Waals surface area contributed by atoms with E-state index < -0.39 is 13.9 Å². The Kier molecular flexibility index (Phi) is 37.7. The highest BCUT2D eigenvalue weighted by molar-refractivity contribution is 7.45. The number of allylic oxidation sites excluding steroid dienone is 6. The summed E-state index contributed by atoms with van der Waals surface area (Å²) in [4.78, 5) is 25.0. The number of carbonyl (C=O) groups is 1. The smallest absolute Gasteiger partial charge is 0.306 e. The van der Waals surface area contributed by atoms with E-state index in [4.69, 9.17) is 18.5 Å². The Balaban J connectivity index is 4.26. The van der Waals surface area contributed by atoms with Gasteiger partial charge in [0.25, 0.3) is 7.82 Å². The molecule has 318 valence electrons. The Morgan fingerprint density at radius 1 is 0.574 bits per heavy atom. The predicted molar refractivity (Wildman–Crippen MR) is 227 cm³/mol. The first-order chi connectivity index (χ1) is 26.1. The second-order valence-corrected chi connectivity index (χ2v) is 17.5. The fourth-order valence-corrected chi connectivity index (χ4v) is 6.65. The van der Waals surface area contributed by atoms with Crippen LogP contribution in [-0.4, -0.2) is 70.7 Å². The molecule has 0 saturated carbocycles. The Morgan fingerprint density at radius 2 is 1.02 bits per heavy atom. The summed E-state index contributed by atoms with van der Waals surface area (Å²) >= 11 is 0. The Labute approximate surface area is 334 Å². The van der Waals surface area contributed by atoms with Crippen molar-refractivity contribution in [2.75, 3.05) is 54.1 Å². The number of phosphoric acid groups is 1. The molecule has 0 fully saturated rings. The number of esters is 1. The standard InChI is InChI=1S/C45H86NO7P/c1-6-8-10-12-14-16-18-20-22-23-25-27-29-31-33-35-37-40-50-42-44(43-52-54(48,49)51-41-39-46(3,4)5)53-45(47)38-36-34-32-30-28-26-24-21-19-17-15-13-11-9-7-2/h15,17,21-24,44H,6-14,16,18-20,25-43H2,1-5H3/b17-15-,23-22-,24-21-. The molecule has 0 aromatic carbocycles. The van der Waals surface area contributed by atoms with E-state index in [0.717, 1.165) is 57.8 Å². The van der Waals surface area contributed by atoms with Crippen LogP contribution in [0.4, 0.5) is 0 Å². The van der Waals surface area contributed by atoms with Gasteiger partial charge in [-0.15, -0.1) is 0 Å². The lowest BCUT2D eigenvalue weighted by molar-refractivity contribution is -0.870. The van der Waals surface area contributed by atoms with E-state index in [1.807, 2.05) is 21.1 Å². The van der Waals surface area contributed by atoms with Crippen LogP contribution in [0, 0.1) is 0 Å². The number of unbranched alkanes of at least 4 members (excludes halogenated alkanes) is 21. The molecule has 0 saturated heterocycles. The fraction of sp³-hybridized carbons (Fsp3) is 0.844. The normalized spacial score (nSPS) is 14.1. The maximum absolute atomic E-state index is 12.7. The molecule has 54 heavy (non-hydrogen) atoms. The number of hydrogen-bond donors (Lipinski definition) is 0. The zero-order chi connectivity index (χ0) is 39.9. The van der Waals surface area contributed by atoms with Crippen molar-refractivity contribution in [3.8, 4) is 0 Å². The van der Waals surface area contributed by atoms with Crippen molar-refractivity contribution in [3.05, 3.63) is 36.5 Å². The van der Waals surface area contributed by atoms with Crippen LogP contribution in [-0.2, 0) is 27.9 Å². The van der Waals surface area contributed by atoms with Crippen LogP contribution in [0.25, 0.3) is 0 Å². The van der Waals surface area contributed by atoms with E-state index in [1.54, 1.807) is 0 Å². The average molecular weight is 784 g/mol. The van der Waals surface area contributed by atoms with Crippen molar-refractivity contribution in [1.29, 1.82) is 0 Å². The minimum absolute atomic E-state index is 0.0219. The molecule has 0 bridgehead atoms. The van der Waals surface area contributed by atoms with Gasteiger partial charge in [0.1, 0.15) is 19.3 Å². The van der Waals surface area contributed by atoms with Crippen LogP contribution in [0.2, 0.25) is 0 Å². The first-order valence-corrected chi connectivity index (χ1v) is 23.7. The number of carbonyl (C=O) groups excluding carboxylic acids is 1. The second kappa shape index (κ2) is 38.6. The highest BCUT2D eigenvalue weighted by Gasteiger charge is 2.20. The molecule has 0 aliphatic carbocycles. The lowest BCUT2D eigenvalue weighted by Crippen LogP contribution is -2.37. The molecule has 0 heterocycles. The van der Waals surface area contributed by atoms with Crippen LogP contribution in [0.3, 0.4) is 0 Å². The van der Waals surface area contributed by atoms with Crippen molar-refractivity contribution < 1.29 is 37.3 Å². The molecule has 0 aliphatic rings. The highest BCUT2D eigenvalue weighted by atomic mass is 31.2. The van der Waals surface area contributed by atoms with Gasteiger partial charge < -0.3 is 27.9 Å². The third-order valence-corrected chi connectivity index (χ3v) is 10.4.